The molecule has 0 aliphatic heterocycles. The molecule has 7 nitrogen and oxygen atoms in total. The third-order valence-corrected chi connectivity index (χ3v) is 4.75. The van der Waals surface area contributed by atoms with Crippen LogP contribution in [0.4, 0.5) is 4.79 Å². The van der Waals surface area contributed by atoms with Crippen molar-refractivity contribution in [1.82, 2.24) is 9.44 Å². The van der Waals surface area contributed by atoms with Gasteiger partial charge in [0, 0.05) is 12.1 Å². The molecule has 4 N–H and O–H groups in total. The van der Waals surface area contributed by atoms with E-state index in [2.05, 4.69) is 9.46 Å². The van der Waals surface area contributed by atoms with Crippen LogP contribution in [0.1, 0.15) is 27.7 Å². The normalized spacial score (nSPS) is 29.2. The van der Waals surface area contributed by atoms with E-state index in [4.69, 9.17) is 5.73 Å². The largest absolute Gasteiger partial charge is 0.452 e. The third-order valence-electron chi connectivity index (χ3n) is 3.77. The summed E-state index contributed by atoms with van der Waals surface area (Å²) >= 11 is 0. The molecule has 1 aliphatic rings. The number of amides is 1. The van der Waals surface area contributed by atoms with Gasteiger partial charge in [-0.05, 0) is 10.8 Å². The number of rotatable bonds is 3. The van der Waals surface area contributed by atoms with Crippen LogP contribution in [0.3, 0.4) is 0 Å². The van der Waals surface area contributed by atoms with Gasteiger partial charge in [0.1, 0.15) is 0 Å². The molecule has 0 spiro atoms. The lowest BCUT2D eigenvalue weighted by Crippen LogP contribution is -2.76. The van der Waals surface area contributed by atoms with Crippen LogP contribution in [0.5, 0.6) is 0 Å². The smallest absolute Gasteiger partial charge is 0.421 e. The summed E-state index contributed by atoms with van der Waals surface area (Å²) in [6.07, 6.45) is -1.03. The topological polar surface area (TPSA) is 111 Å². The summed E-state index contributed by atoms with van der Waals surface area (Å²) in [4.78, 5) is 10.9. The Morgan fingerprint density at radius 3 is 2.06 bits per heavy atom. The molecular formula is C10H21N3O4S. The minimum absolute atomic E-state index is 0.129. The van der Waals surface area contributed by atoms with Crippen molar-refractivity contribution in [3.8, 4) is 0 Å². The maximum absolute atomic E-state index is 11.7. The zero-order valence-electron chi connectivity index (χ0n) is 11.3. The van der Waals surface area contributed by atoms with E-state index in [-0.39, 0.29) is 22.9 Å². The van der Waals surface area contributed by atoms with E-state index in [1.165, 1.54) is 0 Å². The Balaban J connectivity index is 2.82. The van der Waals surface area contributed by atoms with Gasteiger partial charge in [0.05, 0.1) is 7.11 Å². The van der Waals surface area contributed by atoms with Gasteiger partial charge in [-0.2, -0.15) is 13.1 Å². The van der Waals surface area contributed by atoms with Crippen molar-refractivity contribution in [3.05, 3.63) is 0 Å². The molecule has 1 rings (SSSR count). The maximum Gasteiger partial charge on any atom is 0.421 e. The highest BCUT2D eigenvalue weighted by Crippen LogP contribution is 2.52. The van der Waals surface area contributed by atoms with Crippen LogP contribution < -0.4 is 15.2 Å². The van der Waals surface area contributed by atoms with Crippen LogP contribution in [0, 0.1) is 10.8 Å². The summed E-state index contributed by atoms with van der Waals surface area (Å²) in [6, 6.07) is -0.488. The summed E-state index contributed by atoms with van der Waals surface area (Å²) in [7, 11) is -2.85. The van der Waals surface area contributed by atoms with Crippen LogP contribution in [-0.2, 0) is 14.9 Å². The molecule has 0 unspecified atom stereocenters. The van der Waals surface area contributed by atoms with Crippen molar-refractivity contribution in [2.75, 3.05) is 7.11 Å². The minimum Gasteiger partial charge on any atom is -0.452 e. The molecule has 1 aliphatic carbocycles. The van der Waals surface area contributed by atoms with E-state index in [0.717, 1.165) is 7.11 Å². The van der Waals surface area contributed by atoms with Crippen molar-refractivity contribution in [3.63, 3.8) is 0 Å². The lowest BCUT2D eigenvalue weighted by atomic mass is 9.49. The molecule has 0 aromatic carbocycles. The van der Waals surface area contributed by atoms with Crippen LogP contribution in [0.2, 0.25) is 0 Å². The number of hydrogen-bond acceptors (Lipinski definition) is 5. The molecule has 106 valence electrons. The first kappa shape index (κ1) is 15.2. The molecule has 0 heterocycles. The highest BCUT2D eigenvalue weighted by atomic mass is 32.2. The molecule has 0 aromatic heterocycles. The van der Waals surface area contributed by atoms with Gasteiger partial charge in [0.2, 0.25) is 0 Å². The van der Waals surface area contributed by atoms with Gasteiger partial charge in [-0.25, -0.2) is 9.52 Å². The number of hydrogen-bond donors (Lipinski definition) is 3. The van der Waals surface area contributed by atoms with E-state index in [9.17, 15) is 13.2 Å². The zero-order valence-corrected chi connectivity index (χ0v) is 12.1. The molecule has 0 bridgehead atoms. The average molecular weight is 279 g/mol. The molecule has 18 heavy (non-hydrogen) atoms. The van der Waals surface area contributed by atoms with Gasteiger partial charge in [-0.3, -0.25) is 0 Å². The van der Waals surface area contributed by atoms with Crippen LogP contribution in [0.15, 0.2) is 0 Å². The predicted molar refractivity (Wildman–Crippen MR) is 66.9 cm³/mol. The van der Waals surface area contributed by atoms with Crippen molar-refractivity contribution < 1.29 is 17.9 Å². The Kier molecular flexibility index (Phi) is 3.68. The molecule has 0 aromatic rings. The number of carbonyl (C=O) groups is 1. The van der Waals surface area contributed by atoms with Gasteiger partial charge in [-0.1, -0.05) is 27.7 Å². The Labute approximate surface area is 108 Å². The molecule has 0 saturated heterocycles. The summed E-state index contributed by atoms with van der Waals surface area (Å²) in [5.74, 6) is 0. The van der Waals surface area contributed by atoms with Gasteiger partial charge in [-0.15, -0.1) is 0 Å². The van der Waals surface area contributed by atoms with E-state index >= 15 is 0 Å². The van der Waals surface area contributed by atoms with Crippen molar-refractivity contribution in [2.24, 2.45) is 16.6 Å². The second-order valence-corrected chi connectivity index (χ2v) is 7.22. The summed E-state index contributed by atoms with van der Waals surface area (Å²) in [5.41, 5.74) is 5.26. The average Bonchev–Trinajstić information content (AvgIpc) is 2.24. The zero-order chi connectivity index (χ0) is 14.4. The monoisotopic (exact) mass is 279 g/mol. The first-order valence-corrected chi connectivity index (χ1v) is 7.07. The summed E-state index contributed by atoms with van der Waals surface area (Å²) < 4.78 is 31.9. The fourth-order valence-electron chi connectivity index (χ4n) is 2.82. The fourth-order valence-corrected chi connectivity index (χ4v) is 4.10. The SMILES string of the molecule is COC(=O)NS(=O)(=O)NC1C(C)(C)C(N)C1(C)C. The number of nitrogens with one attached hydrogen (secondary N) is 2. The second kappa shape index (κ2) is 4.36. The summed E-state index contributed by atoms with van der Waals surface area (Å²) in [5, 5.41) is 0. The first-order valence-electron chi connectivity index (χ1n) is 5.58. The highest BCUT2D eigenvalue weighted by molar-refractivity contribution is 7.88. The van der Waals surface area contributed by atoms with Crippen LogP contribution in [0.25, 0.3) is 0 Å². The van der Waals surface area contributed by atoms with E-state index in [0.29, 0.717) is 0 Å². The Morgan fingerprint density at radius 1 is 1.22 bits per heavy atom. The van der Waals surface area contributed by atoms with Crippen molar-refractivity contribution in [1.29, 1.82) is 0 Å². The number of methoxy groups -OCH3 is 1. The second-order valence-electron chi connectivity index (χ2n) is 5.77. The molecule has 0 radical (unpaired) electrons. The third kappa shape index (κ3) is 2.45. The van der Waals surface area contributed by atoms with Crippen LogP contribution >= 0.6 is 0 Å². The molecule has 1 amide bonds. The molecule has 0 atom stereocenters. The standard InChI is InChI=1S/C10H21N3O4S/c1-9(2)6(11)10(3,4)7(9)12-18(15,16)13-8(14)17-5/h6-7,12H,11H2,1-5H3,(H,13,14). The lowest BCUT2D eigenvalue weighted by Gasteiger charge is -2.62. The number of nitrogens with two attached hydrogens (primary N) is 1. The molecular weight excluding hydrogens is 258 g/mol. The lowest BCUT2D eigenvalue weighted by molar-refractivity contribution is -0.0595. The summed E-state index contributed by atoms with van der Waals surface area (Å²) in [6.45, 7) is 7.53. The van der Waals surface area contributed by atoms with E-state index in [1.54, 1.807) is 4.72 Å². The maximum atomic E-state index is 11.7. The molecule has 8 heteroatoms. The Bertz CT molecular complexity index is 428. The van der Waals surface area contributed by atoms with Gasteiger partial charge >= 0.3 is 16.3 Å². The first-order chi connectivity index (χ1) is 7.95. The van der Waals surface area contributed by atoms with Crippen molar-refractivity contribution in [2.45, 2.75) is 39.8 Å². The van der Waals surface area contributed by atoms with Crippen LogP contribution in [-0.4, -0.2) is 33.7 Å². The van der Waals surface area contributed by atoms with E-state index in [1.807, 2.05) is 27.7 Å². The predicted octanol–water partition coefficient (Wildman–Crippen LogP) is -0.0613. The quantitative estimate of drug-likeness (QED) is 0.670. The number of ether oxygens (including phenoxy) is 1. The Morgan fingerprint density at radius 2 is 1.67 bits per heavy atom. The van der Waals surface area contributed by atoms with Crippen molar-refractivity contribution >= 4 is 16.3 Å². The fraction of sp³-hybridized carbons (Fsp3) is 0.900. The van der Waals surface area contributed by atoms with Gasteiger partial charge < -0.3 is 10.5 Å². The number of carbonyl (C=O) groups excluding carboxylic acids is 1. The molecule has 1 saturated carbocycles. The highest BCUT2D eigenvalue weighted by Gasteiger charge is 2.61. The van der Waals surface area contributed by atoms with E-state index < -0.39 is 16.3 Å². The Hall–Kier alpha value is -0.860. The minimum atomic E-state index is -3.95. The van der Waals surface area contributed by atoms with Gasteiger partial charge in [0.25, 0.3) is 0 Å². The van der Waals surface area contributed by atoms with Gasteiger partial charge in [0.15, 0.2) is 0 Å². The molecule has 1 fully saturated rings.